The monoisotopic (exact) mass is 365 g/mol. The second kappa shape index (κ2) is 6.58. The van der Waals surface area contributed by atoms with Gasteiger partial charge in [0.25, 0.3) is 5.56 Å². The number of carbonyl (C=O) groups excluding carboxylic acids is 1. The Morgan fingerprint density at radius 3 is 2.89 bits per heavy atom. The number of carbonyl (C=O) groups is 1. The Kier molecular flexibility index (Phi) is 4.09. The first-order chi connectivity index (χ1) is 13.1. The number of ether oxygens (including phenoxy) is 1. The molecule has 0 radical (unpaired) electrons. The van der Waals surface area contributed by atoms with Crippen molar-refractivity contribution >= 4 is 5.97 Å². The van der Waals surface area contributed by atoms with E-state index in [0.717, 1.165) is 5.56 Å². The molecule has 2 aliphatic rings. The summed E-state index contributed by atoms with van der Waals surface area (Å²) in [6.45, 7) is -0.180. The van der Waals surface area contributed by atoms with Gasteiger partial charge in [-0.05, 0) is 24.3 Å². The number of nitrogens with zero attached hydrogens (tertiary/aromatic N) is 2. The number of hydrogen-bond donors (Lipinski definition) is 2. The Morgan fingerprint density at radius 1 is 1.30 bits per heavy atom. The normalized spacial score (nSPS) is 11.0. The molecule has 3 heterocycles. The fourth-order valence-corrected chi connectivity index (χ4v) is 2.88. The van der Waals surface area contributed by atoms with Crippen molar-refractivity contribution in [1.82, 2.24) is 14.8 Å². The average Bonchev–Trinajstić information content (AvgIpc) is 3.34. The number of furan rings is 1. The summed E-state index contributed by atoms with van der Waals surface area (Å²) < 4.78 is 12.0. The molecular formula is C19H15N3O5. The van der Waals surface area contributed by atoms with Crippen LogP contribution in [0.1, 0.15) is 16.1 Å². The molecule has 0 atom stereocenters. The zero-order valence-corrected chi connectivity index (χ0v) is 14.3. The highest BCUT2D eigenvalue weighted by atomic mass is 16.5. The number of aliphatic hydroxyl groups excluding tert-OH is 1. The fourth-order valence-electron chi connectivity index (χ4n) is 2.88. The molecule has 8 nitrogen and oxygen atoms in total. The third-order valence-corrected chi connectivity index (χ3v) is 4.21. The summed E-state index contributed by atoms with van der Waals surface area (Å²) in [7, 11) is 1.27. The Labute approximate surface area is 153 Å². The van der Waals surface area contributed by atoms with Crippen LogP contribution in [0.25, 0.3) is 28.3 Å². The molecule has 0 bridgehead atoms. The van der Waals surface area contributed by atoms with E-state index in [4.69, 9.17) is 14.3 Å². The van der Waals surface area contributed by atoms with E-state index >= 15 is 0 Å². The zero-order chi connectivity index (χ0) is 19.0. The number of H-pyrrole nitrogens is 1. The lowest BCUT2D eigenvalue weighted by molar-refractivity contribution is 0.0600. The highest BCUT2D eigenvalue weighted by Gasteiger charge is 2.22. The molecule has 0 aliphatic carbocycles. The molecule has 0 saturated heterocycles. The van der Waals surface area contributed by atoms with Crippen molar-refractivity contribution in [2.24, 2.45) is 0 Å². The summed E-state index contributed by atoms with van der Waals surface area (Å²) in [4.78, 5) is 24.1. The standard InChI is InChI=1S/C19H15N3O5/c1-26-19(25)15-9-22(8-14-17(15)20-21-18(14)24)12-4-2-3-11(7-12)16-6-5-13(10-23)27-16/h2-9,23H,10H2,1H3,(H,21,24). The smallest absolute Gasteiger partial charge is 0.341 e. The van der Waals surface area contributed by atoms with Crippen LogP contribution in [0.2, 0.25) is 0 Å². The van der Waals surface area contributed by atoms with E-state index in [0.29, 0.717) is 17.2 Å². The van der Waals surface area contributed by atoms with Gasteiger partial charge in [-0.3, -0.25) is 4.79 Å². The van der Waals surface area contributed by atoms with E-state index in [1.54, 1.807) is 29.1 Å². The minimum Gasteiger partial charge on any atom is -0.465 e. The number of aromatic amines is 1. The van der Waals surface area contributed by atoms with E-state index in [1.165, 1.54) is 7.11 Å². The van der Waals surface area contributed by atoms with Gasteiger partial charge in [0.1, 0.15) is 29.4 Å². The molecule has 1 aromatic carbocycles. The number of aliphatic hydroxyl groups is 1. The van der Waals surface area contributed by atoms with Crippen molar-refractivity contribution in [2.75, 3.05) is 7.11 Å². The maximum absolute atomic E-state index is 12.1. The predicted molar refractivity (Wildman–Crippen MR) is 95.8 cm³/mol. The number of benzene rings is 1. The molecule has 2 N–H and O–H groups in total. The Hall–Kier alpha value is -3.65. The molecule has 8 heteroatoms. The molecule has 27 heavy (non-hydrogen) atoms. The fraction of sp³-hybridized carbons (Fsp3) is 0.105. The summed E-state index contributed by atoms with van der Waals surface area (Å²) in [5.74, 6) is 0.478. The van der Waals surface area contributed by atoms with Crippen LogP contribution >= 0.6 is 0 Å². The number of methoxy groups -OCH3 is 1. The molecule has 4 rings (SSSR count). The first-order valence-electron chi connectivity index (χ1n) is 8.10. The van der Waals surface area contributed by atoms with Crippen molar-refractivity contribution < 1.29 is 19.1 Å². The number of nitrogens with one attached hydrogen (secondary N) is 1. The maximum Gasteiger partial charge on any atom is 0.341 e. The van der Waals surface area contributed by atoms with Crippen LogP contribution in [0.5, 0.6) is 0 Å². The molecule has 0 saturated carbocycles. The Bertz CT molecular complexity index is 1150. The van der Waals surface area contributed by atoms with Crippen LogP contribution < -0.4 is 5.56 Å². The van der Waals surface area contributed by atoms with Crippen molar-refractivity contribution in [2.45, 2.75) is 6.61 Å². The molecule has 0 spiro atoms. The quantitative estimate of drug-likeness (QED) is 0.537. The van der Waals surface area contributed by atoms with E-state index in [1.807, 2.05) is 24.3 Å². The minimum absolute atomic E-state index is 0.180. The second-order valence-corrected chi connectivity index (χ2v) is 5.86. The Morgan fingerprint density at radius 2 is 2.15 bits per heavy atom. The van der Waals surface area contributed by atoms with Gasteiger partial charge in [-0.15, -0.1) is 0 Å². The number of fused-ring (bicyclic) bond motifs is 1. The maximum atomic E-state index is 12.1. The molecule has 0 fully saturated rings. The number of hydrogen-bond acceptors (Lipinski definition) is 6. The molecule has 136 valence electrons. The highest BCUT2D eigenvalue weighted by molar-refractivity contribution is 5.96. The van der Waals surface area contributed by atoms with Gasteiger partial charge in [0.05, 0.1) is 12.7 Å². The van der Waals surface area contributed by atoms with Crippen LogP contribution in [-0.4, -0.2) is 33.0 Å². The summed E-state index contributed by atoms with van der Waals surface area (Å²) in [5.41, 5.74) is 1.83. The first kappa shape index (κ1) is 16.8. The zero-order valence-electron chi connectivity index (χ0n) is 14.3. The van der Waals surface area contributed by atoms with Gasteiger partial charge >= 0.3 is 5.97 Å². The lowest BCUT2D eigenvalue weighted by Crippen LogP contribution is -2.11. The number of pyridine rings is 1. The van der Waals surface area contributed by atoms with E-state index in [9.17, 15) is 9.59 Å². The van der Waals surface area contributed by atoms with Crippen LogP contribution in [-0.2, 0) is 11.3 Å². The van der Waals surface area contributed by atoms with Crippen LogP contribution in [0.15, 0.2) is 58.0 Å². The average molecular weight is 365 g/mol. The number of aromatic nitrogens is 3. The van der Waals surface area contributed by atoms with Gasteiger partial charge in [0.15, 0.2) is 0 Å². The van der Waals surface area contributed by atoms with Crippen LogP contribution in [0.4, 0.5) is 0 Å². The lowest BCUT2D eigenvalue weighted by Gasteiger charge is -2.12. The van der Waals surface area contributed by atoms with Crippen molar-refractivity contribution in [3.05, 3.63) is 70.5 Å². The van der Waals surface area contributed by atoms with Gasteiger partial charge in [-0.2, -0.15) is 5.10 Å². The molecule has 1 aromatic heterocycles. The third kappa shape index (κ3) is 2.91. The van der Waals surface area contributed by atoms with Gasteiger partial charge in [0.2, 0.25) is 0 Å². The van der Waals surface area contributed by atoms with Gasteiger partial charge in [0, 0.05) is 23.6 Å². The predicted octanol–water partition coefficient (Wildman–Crippen LogP) is 2.20. The van der Waals surface area contributed by atoms with Crippen molar-refractivity contribution in [3.63, 3.8) is 0 Å². The lowest BCUT2D eigenvalue weighted by atomic mass is 10.1. The van der Waals surface area contributed by atoms with Crippen LogP contribution in [0.3, 0.4) is 0 Å². The summed E-state index contributed by atoms with van der Waals surface area (Å²) in [6.07, 6.45) is 3.17. The third-order valence-electron chi connectivity index (χ3n) is 4.21. The molecule has 0 amide bonds. The van der Waals surface area contributed by atoms with Gasteiger partial charge in [-0.25, -0.2) is 9.89 Å². The van der Waals surface area contributed by atoms with E-state index in [2.05, 4.69) is 10.2 Å². The van der Waals surface area contributed by atoms with Gasteiger partial charge < -0.3 is 18.8 Å². The first-order valence-corrected chi connectivity index (χ1v) is 8.10. The molecule has 2 aliphatic heterocycles. The summed E-state index contributed by atoms with van der Waals surface area (Å²) in [5, 5.41) is 15.4. The highest BCUT2D eigenvalue weighted by Crippen LogP contribution is 2.27. The van der Waals surface area contributed by atoms with E-state index < -0.39 is 5.97 Å². The van der Waals surface area contributed by atoms with Crippen molar-refractivity contribution in [3.8, 4) is 28.3 Å². The summed E-state index contributed by atoms with van der Waals surface area (Å²) >= 11 is 0. The Balaban J connectivity index is 1.86. The SMILES string of the molecule is COC(=O)c1cn(-c2cccc(-c3ccc(CO)o3)c2)cc2c(=O)[nH]nc1-2. The largest absolute Gasteiger partial charge is 0.465 e. The summed E-state index contributed by atoms with van der Waals surface area (Å²) in [6, 6.07) is 10.8. The second-order valence-electron chi connectivity index (χ2n) is 5.86. The van der Waals surface area contributed by atoms with Crippen LogP contribution in [0, 0.1) is 0 Å². The van der Waals surface area contributed by atoms with Gasteiger partial charge in [-0.1, -0.05) is 12.1 Å². The topological polar surface area (TPSA) is 110 Å². The number of rotatable bonds is 4. The molecule has 2 aromatic rings. The van der Waals surface area contributed by atoms with E-state index in [-0.39, 0.29) is 29.0 Å². The molecule has 0 unspecified atom stereocenters. The van der Waals surface area contributed by atoms with Crippen molar-refractivity contribution in [1.29, 1.82) is 0 Å². The number of esters is 1. The minimum atomic E-state index is -0.587. The molecular weight excluding hydrogens is 350 g/mol.